The smallest absolute Gasteiger partial charge is 0.0577 e. The van der Waals surface area contributed by atoms with Crippen molar-refractivity contribution in [1.82, 2.24) is 5.32 Å². The maximum absolute atomic E-state index is 3.43. The van der Waals surface area contributed by atoms with E-state index in [0.717, 1.165) is 0 Å². The Kier molecular flexibility index (Phi) is 4.40. The van der Waals surface area contributed by atoms with Gasteiger partial charge >= 0.3 is 0 Å². The molecule has 18 heavy (non-hydrogen) atoms. The number of benzene rings is 2. The quantitative estimate of drug-likeness (QED) is 0.817. The average molecular weight is 351 g/mol. The Bertz CT molecular complexity index is 549. The first-order chi connectivity index (χ1) is 8.61. The third kappa shape index (κ3) is 2.93. The Labute approximate surface area is 123 Å². The summed E-state index contributed by atoms with van der Waals surface area (Å²) < 4.78 is 1.27. The van der Waals surface area contributed by atoms with Gasteiger partial charge in [0, 0.05) is 3.57 Å². The molecule has 2 rings (SSSR count). The van der Waals surface area contributed by atoms with Crippen LogP contribution in [0.5, 0.6) is 0 Å². The van der Waals surface area contributed by atoms with Gasteiger partial charge in [0.25, 0.3) is 0 Å². The van der Waals surface area contributed by atoms with Crippen molar-refractivity contribution in [1.29, 1.82) is 0 Å². The zero-order chi connectivity index (χ0) is 13.1. The molecule has 1 atom stereocenters. The summed E-state index contributed by atoms with van der Waals surface area (Å²) in [7, 11) is 2.02. The molecule has 94 valence electrons. The Morgan fingerprint density at radius 1 is 1.06 bits per heavy atom. The zero-order valence-electron chi connectivity index (χ0n) is 11.0. The number of rotatable bonds is 3. The third-order valence-electron chi connectivity index (χ3n) is 3.22. The van der Waals surface area contributed by atoms with Crippen LogP contribution < -0.4 is 5.32 Å². The van der Waals surface area contributed by atoms with Gasteiger partial charge in [-0.05, 0) is 72.3 Å². The zero-order valence-corrected chi connectivity index (χ0v) is 13.2. The summed E-state index contributed by atoms with van der Waals surface area (Å²) in [5.74, 6) is 0. The lowest BCUT2D eigenvalue weighted by molar-refractivity contribution is 0.686. The van der Waals surface area contributed by atoms with E-state index in [9.17, 15) is 0 Å². The summed E-state index contributed by atoms with van der Waals surface area (Å²) >= 11 is 2.36. The standard InChI is InChI=1S/C16H18IN/c1-11-7-8-12(2)15(9-11)16(18-3)13-5-4-6-14(17)10-13/h4-10,16,18H,1-3H3. The van der Waals surface area contributed by atoms with E-state index in [0.29, 0.717) is 0 Å². The second-order valence-corrected chi connectivity index (χ2v) is 5.88. The van der Waals surface area contributed by atoms with Crippen molar-refractivity contribution in [3.63, 3.8) is 0 Å². The fraction of sp³-hybridized carbons (Fsp3) is 0.250. The molecule has 0 heterocycles. The van der Waals surface area contributed by atoms with Crippen LogP contribution in [0.4, 0.5) is 0 Å². The highest BCUT2D eigenvalue weighted by atomic mass is 127. The Balaban J connectivity index is 2.48. The summed E-state index contributed by atoms with van der Waals surface area (Å²) in [6, 6.07) is 15.6. The SMILES string of the molecule is CNC(c1cccc(I)c1)c1cc(C)ccc1C. The minimum Gasteiger partial charge on any atom is -0.309 e. The fourth-order valence-electron chi connectivity index (χ4n) is 2.26. The van der Waals surface area contributed by atoms with Crippen molar-refractivity contribution in [2.24, 2.45) is 0 Å². The van der Waals surface area contributed by atoms with Crippen molar-refractivity contribution in [3.05, 3.63) is 68.3 Å². The minimum absolute atomic E-state index is 0.264. The van der Waals surface area contributed by atoms with Crippen molar-refractivity contribution >= 4 is 22.6 Å². The molecular weight excluding hydrogens is 333 g/mol. The maximum Gasteiger partial charge on any atom is 0.0577 e. The van der Waals surface area contributed by atoms with Gasteiger partial charge in [0.05, 0.1) is 6.04 Å². The molecule has 0 radical (unpaired) electrons. The first kappa shape index (κ1) is 13.6. The van der Waals surface area contributed by atoms with Crippen molar-refractivity contribution in [2.45, 2.75) is 19.9 Å². The molecule has 2 aromatic rings. The molecule has 2 heteroatoms. The van der Waals surface area contributed by atoms with Crippen LogP contribution in [0.25, 0.3) is 0 Å². The van der Waals surface area contributed by atoms with E-state index in [-0.39, 0.29) is 6.04 Å². The summed E-state index contributed by atoms with van der Waals surface area (Å²) in [6.07, 6.45) is 0. The van der Waals surface area contributed by atoms with Crippen LogP contribution in [0.15, 0.2) is 42.5 Å². The Morgan fingerprint density at radius 3 is 2.50 bits per heavy atom. The first-order valence-corrected chi connectivity index (χ1v) is 7.19. The molecular formula is C16H18IN. The van der Waals surface area contributed by atoms with E-state index >= 15 is 0 Å². The summed E-state index contributed by atoms with van der Waals surface area (Å²) in [4.78, 5) is 0. The number of halogens is 1. The molecule has 0 aliphatic carbocycles. The number of hydrogen-bond acceptors (Lipinski definition) is 1. The molecule has 1 nitrogen and oxygen atoms in total. The van der Waals surface area contributed by atoms with Crippen molar-refractivity contribution in [3.8, 4) is 0 Å². The van der Waals surface area contributed by atoms with E-state index in [1.165, 1.54) is 25.8 Å². The van der Waals surface area contributed by atoms with Crippen LogP contribution >= 0.6 is 22.6 Å². The minimum atomic E-state index is 0.264. The van der Waals surface area contributed by atoms with Gasteiger partial charge in [-0.3, -0.25) is 0 Å². The van der Waals surface area contributed by atoms with E-state index in [1.54, 1.807) is 0 Å². The molecule has 0 aliphatic rings. The van der Waals surface area contributed by atoms with Crippen molar-refractivity contribution < 1.29 is 0 Å². The van der Waals surface area contributed by atoms with E-state index < -0.39 is 0 Å². The van der Waals surface area contributed by atoms with Crippen LogP contribution in [0.2, 0.25) is 0 Å². The highest BCUT2D eigenvalue weighted by Gasteiger charge is 2.14. The normalized spacial score (nSPS) is 12.4. The summed E-state index contributed by atoms with van der Waals surface area (Å²) in [5.41, 5.74) is 5.32. The Hall–Kier alpha value is -0.870. The summed E-state index contributed by atoms with van der Waals surface area (Å²) in [6.45, 7) is 4.32. The molecule has 1 N–H and O–H groups in total. The second-order valence-electron chi connectivity index (χ2n) is 4.64. The summed E-state index contributed by atoms with van der Waals surface area (Å²) in [5, 5.41) is 3.43. The molecule has 0 aromatic heterocycles. The topological polar surface area (TPSA) is 12.0 Å². The van der Waals surface area contributed by atoms with Crippen LogP contribution in [-0.4, -0.2) is 7.05 Å². The lowest BCUT2D eigenvalue weighted by atomic mass is 9.94. The average Bonchev–Trinajstić information content (AvgIpc) is 2.35. The van der Waals surface area contributed by atoms with Gasteiger partial charge in [0.1, 0.15) is 0 Å². The van der Waals surface area contributed by atoms with Gasteiger partial charge in [-0.15, -0.1) is 0 Å². The van der Waals surface area contributed by atoms with Crippen LogP contribution in [-0.2, 0) is 0 Å². The molecule has 0 bridgehead atoms. The molecule has 0 saturated carbocycles. The first-order valence-electron chi connectivity index (χ1n) is 6.11. The monoisotopic (exact) mass is 351 g/mol. The van der Waals surface area contributed by atoms with Gasteiger partial charge in [-0.1, -0.05) is 35.9 Å². The van der Waals surface area contributed by atoms with Crippen LogP contribution in [0.1, 0.15) is 28.3 Å². The molecule has 0 fully saturated rings. The molecule has 2 aromatic carbocycles. The van der Waals surface area contributed by atoms with Gasteiger partial charge in [0.15, 0.2) is 0 Å². The van der Waals surface area contributed by atoms with E-state index in [1.807, 2.05) is 7.05 Å². The lowest BCUT2D eigenvalue weighted by Crippen LogP contribution is -2.18. The van der Waals surface area contributed by atoms with Gasteiger partial charge in [-0.2, -0.15) is 0 Å². The highest BCUT2D eigenvalue weighted by Crippen LogP contribution is 2.26. The molecule has 0 saturated heterocycles. The number of nitrogens with one attached hydrogen (secondary N) is 1. The van der Waals surface area contributed by atoms with Gasteiger partial charge in [0.2, 0.25) is 0 Å². The predicted molar refractivity (Wildman–Crippen MR) is 86.0 cm³/mol. The van der Waals surface area contributed by atoms with Crippen LogP contribution in [0.3, 0.4) is 0 Å². The maximum atomic E-state index is 3.43. The fourth-order valence-corrected chi connectivity index (χ4v) is 2.83. The lowest BCUT2D eigenvalue weighted by Gasteiger charge is -2.20. The van der Waals surface area contributed by atoms with Crippen LogP contribution in [0, 0.1) is 17.4 Å². The molecule has 0 aliphatic heterocycles. The van der Waals surface area contributed by atoms with E-state index in [2.05, 4.69) is 84.2 Å². The van der Waals surface area contributed by atoms with Crippen molar-refractivity contribution in [2.75, 3.05) is 7.05 Å². The van der Waals surface area contributed by atoms with Gasteiger partial charge in [-0.25, -0.2) is 0 Å². The Morgan fingerprint density at radius 2 is 1.83 bits per heavy atom. The number of aryl methyl sites for hydroxylation is 2. The highest BCUT2D eigenvalue weighted by molar-refractivity contribution is 14.1. The largest absolute Gasteiger partial charge is 0.309 e. The molecule has 1 unspecified atom stereocenters. The predicted octanol–water partition coefficient (Wildman–Crippen LogP) is 4.22. The number of hydrogen-bond donors (Lipinski definition) is 1. The second kappa shape index (κ2) is 5.85. The van der Waals surface area contributed by atoms with E-state index in [4.69, 9.17) is 0 Å². The molecule has 0 spiro atoms. The third-order valence-corrected chi connectivity index (χ3v) is 3.89. The van der Waals surface area contributed by atoms with Gasteiger partial charge < -0.3 is 5.32 Å². The molecule has 0 amide bonds.